The first-order valence-electron chi connectivity index (χ1n) is 10.3. The number of fused-ring (bicyclic) bond motifs is 3. The van der Waals surface area contributed by atoms with Crippen LogP contribution in [0.3, 0.4) is 0 Å². The first kappa shape index (κ1) is 23.7. The Morgan fingerprint density at radius 2 is 1.39 bits per heavy atom. The number of aliphatic hydroxyl groups is 1. The molecule has 10 heteroatoms. The van der Waals surface area contributed by atoms with Gasteiger partial charge in [-0.05, 0) is 29.2 Å². The maximum atomic E-state index is 12.1. The summed E-state index contributed by atoms with van der Waals surface area (Å²) < 4.78 is 5.32. The van der Waals surface area contributed by atoms with Gasteiger partial charge in [0.1, 0.15) is 13.2 Å². The van der Waals surface area contributed by atoms with Crippen LogP contribution < -0.4 is 16.0 Å². The number of ether oxygens (including phenoxy) is 1. The molecular weight excluding hydrogens is 430 g/mol. The molecule has 5 N–H and O–H groups in total. The topological polar surface area (TPSA) is 154 Å². The van der Waals surface area contributed by atoms with E-state index in [0.29, 0.717) is 0 Å². The van der Waals surface area contributed by atoms with Crippen molar-refractivity contribution in [1.29, 1.82) is 0 Å². The van der Waals surface area contributed by atoms with Crippen LogP contribution in [0.4, 0.5) is 4.79 Å². The smallest absolute Gasteiger partial charge is 0.407 e. The predicted molar refractivity (Wildman–Crippen MR) is 117 cm³/mol. The number of aliphatic carboxylic acids is 1. The number of carbonyl (C=O) groups excluding carboxylic acids is 3. The molecule has 1 aliphatic rings. The number of amides is 3. The first-order valence-corrected chi connectivity index (χ1v) is 10.3. The van der Waals surface area contributed by atoms with Crippen LogP contribution in [0.2, 0.25) is 0 Å². The Bertz CT molecular complexity index is 1020. The Morgan fingerprint density at radius 3 is 1.97 bits per heavy atom. The minimum absolute atomic E-state index is 0.105. The van der Waals surface area contributed by atoms with E-state index in [9.17, 15) is 24.3 Å². The molecule has 33 heavy (non-hydrogen) atoms. The number of hydrogen-bond acceptors (Lipinski definition) is 6. The van der Waals surface area contributed by atoms with Gasteiger partial charge in [0.15, 0.2) is 5.60 Å². The number of nitrogens with one attached hydrogen (secondary N) is 3. The fraction of sp³-hybridized carbons (Fsp3) is 0.304. The fourth-order valence-corrected chi connectivity index (χ4v) is 3.45. The summed E-state index contributed by atoms with van der Waals surface area (Å²) >= 11 is 0. The third-order valence-electron chi connectivity index (χ3n) is 5.27. The Labute approximate surface area is 189 Å². The molecule has 0 fully saturated rings. The molecule has 0 heterocycles. The van der Waals surface area contributed by atoms with Gasteiger partial charge in [0.2, 0.25) is 11.8 Å². The Morgan fingerprint density at radius 1 is 0.879 bits per heavy atom. The minimum Gasteiger partial charge on any atom is -0.479 e. The van der Waals surface area contributed by atoms with Crippen molar-refractivity contribution >= 4 is 23.9 Å². The molecular formula is C23H25N3O7. The number of alkyl carbamates (subject to hydrolysis) is 1. The molecule has 10 nitrogen and oxygen atoms in total. The summed E-state index contributed by atoms with van der Waals surface area (Å²) in [5, 5.41) is 25.1. The highest BCUT2D eigenvalue weighted by atomic mass is 16.5. The van der Waals surface area contributed by atoms with Gasteiger partial charge in [-0.2, -0.15) is 0 Å². The van der Waals surface area contributed by atoms with Crippen molar-refractivity contribution in [3.05, 3.63) is 59.7 Å². The van der Waals surface area contributed by atoms with Crippen molar-refractivity contribution in [2.45, 2.75) is 18.4 Å². The van der Waals surface area contributed by atoms with Crippen molar-refractivity contribution in [2.75, 3.05) is 26.2 Å². The van der Waals surface area contributed by atoms with Gasteiger partial charge in [-0.15, -0.1) is 0 Å². The van der Waals surface area contributed by atoms with Crippen LogP contribution in [0, 0.1) is 0 Å². The summed E-state index contributed by atoms with van der Waals surface area (Å²) in [6.45, 7) is -0.230. The second-order valence-electron chi connectivity index (χ2n) is 7.81. The SMILES string of the molecule is CC(O)(CNC(=O)CNC(=O)CNC(=O)OCC1c2ccccc2-c2ccccc21)C(=O)O. The number of carboxylic acid groups (broad SMARTS) is 1. The van der Waals surface area contributed by atoms with Gasteiger partial charge in [0, 0.05) is 5.92 Å². The van der Waals surface area contributed by atoms with Crippen LogP contribution in [0.1, 0.15) is 24.0 Å². The van der Waals surface area contributed by atoms with Crippen LogP contribution >= 0.6 is 0 Å². The minimum atomic E-state index is -2.12. The first-order chi connectivity index (χ1) is 15.7. The summed E-state index contributed by atoms with van der Waals surface area (Å²) in [5.74, 6) is -2.92. The van der Waals surface area contributed by atoms with Gasteiger partial charge in [-0.1, -0.05) is 48.5 Å². The number of benzene rings is 2. The van der Waals surface area contributed by atoms with Crippen molar-refractivity contribution in [3.63, 3.8) is 0 Å². The Hall–Kier alpha value is -3.92. The van der Waals surface area contributed by atoms with Gasteiger partial charge < -0.3 is 30.9 Å². The molecule has 2 aromatic carbocycles. The average molecular weight is 455 g/mol. The van der Waals surface area contributed by atoms with E-state index in [1.165, 1.54) is 0 Å². The van der Waals surface area contributed by atoms with Crippen LogP contribution in [0.5, 0.6) is 0 Å². The zero-order chi connectivity index (χ0) is 24.0. The van der Waals surface area contributed by atoms with Crippen LogP contribution in [0.25, 0.3) is 11.1 Å². The summed E-state index contributed by atoms with van der Waals surface area (Å²) in [6, 6.07) is 15.8. The number of carboxylic acids is 1. The quantitative estimate of drug-likeness (QED) is 0.371. The van der Waals surface area contributed by atoms with Crippen molar-refractivity contribution in [2.24, 2.45) is 0 Å². The molecule has 3 amide bonds. The molecule has 174 valence electrons. The standard InChI is InChI=1S/C23H25N3O7/c1-23(32,21(29)30)13-26-20(28)10-24-19(27)11-25-22(31)33-12-18-16-8-4-2-6-14(16)15-7-3-5-9-17(15)18/h2-9,18,32H,10-13H2,1H3,(H,24,27)(H,25,31)(H,26,28)(H,29,30). The zero-order valence-corrected chi connectivity index (χ0v) is 18.0. The van der Waals surface area contributed by atoms with Crippen molar-refractivity contribution in [3.8, 4) is 11.1 Å². The summed E-state index contributed by atoms with van der Waals surface area (Å²) in [4.78, 5) is 46.4. The third kappa shape index (κ3) is 5.86. The van der Waals surface area contributed by atoms with E-state index in [2.05, 4.69) is 16.0 Å². The molecule has 1 unspecified atom stereocenters. The predicted octanol–water partition coefficient (Wildman–Crippen LogP) is 0.593. The molecule has 0 aliphatic heterocycles. The van der Waals surface area contributed by atoms with Crippen LogP contribution in [-0.4, -0.2) is 65.9 Å². The molecule has 0 saturated carbocycles. The number of hydrogen-bond donors (Lipinski definition) is 5. The van der Waals surface area contributed by atoms with Gasteiger partial charge >= 0.3 is 12.1 Å². The molecule has 0 spiro atoms. The summed E-state index contributed by atoms with van der Waals surface area (Å²) in [5.41, 5.74) is 2.22. The maximum Gasteiger partial charge on any atom is 0.407 e. The molecule has 0 saturated heterocycles. The highest BCUT2D eigenvalue weighted by molar-refractivity contribution is 5.87. The lowest BCUT2D eigenvalue weighted by atomic mass is 9.98. The van der Waals surface area contributed by atoms with Crippen LogP contribution in [0.15, 0.2) is 48.5 Å². The Balaban J connectivity index is 1.41. The van der Waals surface area contributed by atoms with Gasteiger partial charge in [0.25, 0.3) is 0 Å². The molecule has 0 bridgehead atoms. The van der Waals surface area contributed by atoms with Gasteiger partial charge in [-0.3, -0.25) is 9.59 Å². The van der Waals surface area contributed by atoms with E-state index >= 15 is 0 Å². The molecule has 0 radical (unpaired) electrons. The summed E-state index contributed by atoms with van der Waals surface area (Å²) in [7, 11) is 0. The second kappa shape index (κ2) is 10.1. The van der Waals surface area contributed by atoms with Gasteiger partial charge in [-0.25, -0.2) is 9.59 Å². The molecule has 0 aromatic heterocycles. The van der Waals surface area contributed by atoms with E-state index in [-0.39, 0.29) is 12.5 Å². The van der Waals surface area contributed by atoms with Crippen LogP contribution in [-0.2, 0) is 19.1 Å². The highest BCUT2D eigenvalue weighted by Gasteiger charge is 2.30. The highest BCUT2D eigenvalue weighted by Crippen LogP contribution is 2.44. The normalized spacial score (nSPS) is 13.8. The van der Waals surface area contributed by atoms with E-state index in [1.807, 2.05) is 48.5 Å². The van der Waals surface area contributed by atoms with E-state index in [1.54, 1.807) is 0 Å². The van der Waals surface area contributed by atoms with Crippen molar-refractivity contribution in [1.82, 2.24) is 16.0 Å². The lowest BCUT2D eigenvalue weighted by Gasteiger charge is -2.18. The molecule has 1 atom stereocenters. The Kier molecular flexibility index (Phi) is 7.29. The molecule has 2 aromatic rings. The van der Waals surface area contributed by atoms with E-state index < -0.39 is 49.1 Å². The maximum absolute atomic E-state index is 12.1. The summed E-state index contributed by atoms with van der Waals surface area (Å²) in [6.07, 6.45) is -0.769. The van der Waals surface area contributed by atoms with Crippen molar-refractivity contribution < 1.29 is 34.1 Å². The third-order valence-corrected chi connectivity index (χ3v) is 5.27. The van der Waals surface area contributed by atoms with E-state index in [4.69, 9.17) is 9.84 Å². The number of carbonyl (C=O) groups is 4. The average Bonchev–Trinajstić information content (AvgIpc) is 3.12. The lowest BCUT2D eigenvalue weighted by molar-refractivity contribution is -0.156. The number of rotatable bonds is 9. The molecule has 3 rings (SSSR count). The van der Waals surface area contributed by atoms with E-state index in [0.717, 1.165) is 29.2 Å². The lowest BCUT2D eigenvalue weighted by Crippen LogP contribution is -2.49. The largest absolute Gasteiger partial charge is 0.479 e. The molecule has 1 aliphatic carbocycles. The monoisotopic (exact) mass is 455 g/mol. The zero-order valence-electron chi connectivity index (χ0n) is 18.0. The fourth-order valence-electron chi connectivity index (χ4n) is 3.45. The van der Waals surface area contributed by atoms with Gasteiger partial charge in [0.05, 0.1) is 13.1 Å². The second-order valence-corrected chi connectivity index (χ2v) is 7.81.